The molecule has 0 spiro atoms. The number of rotatable bonds is 5. The first kappa shape index (κ1) is 26.4. The van der Waals surface area contributed by atoms with E-state index in [9.17, 15) is 19.8 Å². The van der Waals surface area contributed by atoms with Crippen LogP contribution < -0.4 is 5.73 Å². The van der Waals surface area contributed by atoms with Gasteiger partial charge in [0.25, 0.3) is 0 Å². The van der Waals surface area contributed by atoms with Crippen LogP contribution in [-0.2, 0) is 38.0 Å². The van der Waals surface area contributed by atoms with Crippen molar-refractivity contribution in [2.75, 3.05) is 20.0 Å². The van der Waals surface area contributed by atoms with Crippen molar-refractivity contribution in [3.05, 3.63) is 24.3 Å². The molecule has 3 saturated heterocycles. The number of anilines is 1. The van der Waals surface area contributed by atoms with Crippen molar-refractivity contribution in [3.63, 3.8) is 0 Å². The summed E-state index contributed by atoms with van der Waals surface area (Å²) >= 11 is 0. The lowest BCUT2D eigenvalue weighted by atomic mass is 9.84. The Morgan fingerprint density at radius 1 is 1.26 bits per heavy atom. The first-order valence-electron chi connectivity index (χ1n) is 11.9. The molecule has 0 amide bonds. The van der Waals surface area contributed by atoms with Crippen molar-refractivity contribution < 1.29 is 48.2 Å². The zero-order valence-electron chi connectivity index (χ0n) is 21.1. The number of ether oxygens (including phenoxy) is 6. The maximum Gasteiger partial charge on any atom is 0.337 e. The van der Waals surface area contributed by atoms with Crippen LogP contribution in [0.25, 0.3) is 11.2 Å². The first-order valence-corrected chi connectivity index (χ1v) is 11.9. The molecule has 0 saturated carbocycles. The number of methoxy groups -OCH3 is 2. The minimum Gasteiger partial charge on any atom is -0.467 e. The number of nitrogen functional groups attached to an aromatic ring is 1. The quantitative estimate of drug-likeness (QED) is 0.310. The summed E-state index contributed by atoms with van der Waals surface area (Å²) in [5.41, 5.74) is 6.90. The highest BCUT2D eigenvalue weighted by molar-refractivity contribution is 5.88. The van der Waals surface area contributed by atoms with Gasteiger partial charge in [0.05, 0.1) is 19.5 Å². The molecule has 15 heteroatoms. The fourth-order valence-electron chi connectivity index (χ4n) is 5.10. The molecule has 0 aliphatic carbocycles. The number of nitrogens with zero attached hydrogens (tertiary/aromatic N) is 4. The number of aliphatic hydroxyl groups is 2. The molecule has 0 unspecified atom stereocenters. The predicted octanol–water partition coefficient (Wildman–Crippen LogP) is -1.02. The molecule has 3 aliphatic heterocycles. The zero-order chi connectivity index (χ0) is 27.4. The van der Waals surface area contributed by atoms with Gasteiger partial charge >= 0.3 is 11.9 Å². The van der Waals surface area contributed by atoms with Gasteiger partial charge in [-0.3, -0.25) is 4.57 Å². The number of carbonyl (C=O) groups excluding carboxylic acids is 2. The second-order valence-electron chi connectivity index (χ2n) is 9.28. The summed E-state index contributed by atoms with van der Waals surface area (Å²) in [6, 6.07) is 0. The van der Waals surface area contributed by atoms with E-state index in [1.807, 2.05) is 0 Å². The Hall–Kier alpha value is -3.21. The summed E-state index contributed by atoms with van der Waals surface area (Å²) in [5.74, 6) is -3.89. The third-order valence-electron chi connectivity index (χ3n) is 7.21. The third-order valence-corrected chi connectivity index (χ3v) is 7.21. The molecule has 38 heavy (non-hydrogen) atoms. The Labute approximate surface area is 216 Å². The van der Waals surface area contributed by atoms with Gasteiger partial charge in [0.1, 0.15) is 36.3 Å². The predicted molar refractivity (Wildman–Crippen MR) is 125 cm³/mol. The number of nitrogens with two attached hydrogens (primary N) is 1. The Morgan fingerprint density at radius 3 is 2.71 bits per heavy atom. The van der Waals surface area contributed by atoms with Gasteiger partial charge in [0.15, 0.2) is 29.9 Å². The van der Waals surface area contributed by atoms with Crippen LogP contribution in [0.1, 0.15) is 26.5 Å². The molecule has 3 fully saturated rings. The first-order chi connectivity index (χ1) is 18.1. The van der Waals surface area contributed by atoms with Gasteiger partial charge in [-0.25, -0.2) is 24.5 Å². The molecule has 0 radical (unpaired) electrons. The third kappa shape index (κ3) is 4.02. The number of hydrogen-bond acceptors (Lipinski definition) is 14. The minimum atomic E-state index is -2.35. The number of hydrogen-bond donors (Lipinski definition) is 3. The van der Waals surface area contributed by atoms with Crippen LogP contribution in [0.4, 0.5) is 5.82 Å². The van der Waals surface area contributed by atoms with Crippen molar-refractivity contribution in [1.82, 2.24) is 19.5 Å². The highest BCUT2D eigenvalue weighted by Crippen LogP contribution is 2.47. The van der Waals surface area contributed by atoms with E-state index in [-0.39, 0.29) is 17.8 Å². The molecule has 2 aromatic heterocycles. The molecule has 0 bridgehead atoms. The van der Waals surface area contributed by atoms with Crippen molar-refractivity contribution in [2.45, 2.75) is 75.0 Å². The van der Waals surface area contributed by atoms with Gasteiger partial charge in [-0.05, 0) is 13.8 Å². The molecule has 0 aromatic carbocycles. The molecule has 15 nitrogen and oxygen atoms in total. The normalized spacial score (nSPS) is 36.9. The Morgan fingerprint density at radius 2 is 2.03 bits per heavy atom. The van der Waals surface area contributed by atoms with Gasteiger partial charge < -0.3 is 44.4 Å². The van der Waals surface area contributed by atoms with Crippen LogP contribution in [0.15, 0.2) is 24.3 Å². The molecule has 9 atom stereocenters. The van der Waals surface area contributed by atoms with Crippen molar-refractivity contribution in [2.24, 2.45) is 0 Å². The number of esters is 2. The highest BCUT2D eigenvalue weighted by atomic mass is 16.7. The summed E-state index contributed by atoms with van der Waals surface area (Å²) in [4.78, 5) is 37.5. The van der Waals surface area contributed by atoms with Crippen LogP contribution in [-0.4, -0.2) is 104 Å². The Bertz CT molecular complexity index is 1270. The van der Waals surface area contributed by atoms with E-state index in [0.717, 1.165) is 7.11 Å². The van der Waals surface area contributed by atoms with Gasteiger partial charge in [-0.2, -0.15) is 0 Å². The van der Waals surface area contributed by atoms with Gasteiger partial charge in [0.2, 0.25) is 5.79 Å². The largest absolute Gasteiger partial charge is 0.467 e. The van der Waals surface area contributed by atoms with Crippen molar-refractivity contribution in [3.8, 4) is 0 Å². The van der Waals surface area contributed by atoms with E-state index in [1.54, 1.807) is 11.5 Å². The molecular weight excluding hydrogens is 506 g/mol. The van der Waals surface area contributed by atoms with Crippen molar-refractivity contribution in [1.29, 1.82) is 0 Å². The fraction of sp³-hybridized carbons (Fsp3) is 0.609. The van der Waals surface area contributed by atoms with E-state index in [4.69, 9.17) is 34.2 Å². The number of carbonyl (C=O) groups is 2. The average Bonchev–Trinajstić information content (AvgIpc) is 3.49. The average molecular weight is 536 g/mol. The Kier molecular flexibility index (Phi) is 6.83. The Balaban J connectivity index is 1.50. The van der Waals surface area contributed by atoms with E-state index >= 15 is 0 Å². The van der Waals surface area contributed by atoms with Crippen LogP contribution in [0.5, 0.6) is 0 Å². The summed E-state index contributed by atoms with van der Waals surface area (Å²) in [5, 5.41) is 22.7. The topological polar surface area (TPSA) is 200 Å². The smallest absolute Gasteiger partial charge is 0.337 e. The molecule has 206 valence electrons. The molecular formula is C23H29N5O10. The monoisotopic (exact) mass is 535 g/mol. The lowest BCUT2D eigenvalue weighted by Crippen LogP contribution is -2.73. The van der Waals surface area contributed by atoms with E-state index in [0.29, 0.717) is 11.2 Å². The van der Waals surface area contributed by atoms with Crippen LogP contribution in [0.3, 0.4) is 0 Å². The summed E-state index contributed by atoms with van der Waals surface area (Å²) in [6.45, 7) is 3.14. The van der Waals surface area contributed by atoms with Crippen LogP contribution in [0.2, 0.25) is 0 Å². The number of fused-ring (bicyclic) bond motifs is 3. The summed E-state index contributed by atoms with van der Waals surface area (Å²) < 4.78 is 35.7. The summed E-state index contributed by atoms with van der Waals surface area (Å²) in [6.07, 6.45) is -5.25. The van der Waals surface area contributed by atoms with E-state index < -0.39 is 66.7 Å². The standard InChI is InChI=1S/C23H29N5O10/c1-5-9(2)21(30)37-17-13(29)15(22(31)34-4)36-11-6-10-14(38-23(11,17)32)16(33-3)20(35-10)28-8-27-12-18(24)25-7-26-19(12)28/h5,7-8,10-11,13-17,20,29,32H,6H2,1-4H3,(H2,24,25,26)/t10-,11+,13-,14+,15+,16-,17+,20-,23-/m1/s1. The van der Waals surface area contributed by atoms with Crippen LogP contribution >= 0.6 is 0 Å². The van der Waals surface area contributed by atoms with Gasteiger partial charge in [-0.1, -0.05) is 6.08 Å². The fourth-order valence-corrected chi connectivity index (χ4v) is 5.10. The van der Waals surface area contributed by atoms with Crippen molar-refractivity contribution >= 4 is 28.9 Å². The SMILES string of the molecule is CC=C(C)C(=O)O[C@H]1[C@H](O)[C@@H](C(=O)OC)O[C@H]2C[C@H]3O[C@@H](n4cnc5c(N)ncnc54)[C@H](OC)[C@H]3O[C@]21O. The van der Waals surface area contributed by atoms with Gasteiger partial charge in [-0.15, -0.1) is 0 Å². The molecule has 3 aliphatic rings. The second-order valence-corrected chi connectivity index (χ2v) is 9.28. The van der Waals surface area contributed by atoms with Gasteiger partial charge in [0, 0.05) is 19.1 Å². The minimum absolute atomic E-state index is 0.00184. The molecule has 4 N–H and O–H groups in total. The number of allylic oxidation sites excluding steroid dienone is 1. The number of aliphatic hydroxyl groups excluding tert-OH is 1. The van der Waals surface area contributed by atoms with E-state index in [1.165, 1.54) is 32.8 Å². The maximum absolute atomic E-state index is 12.7. The lowest BCUT2D eigenvalue weighted by Gasteiger charge is -2.52. The number of imidazole rings is 1. The second kappa shape index (κ2) is 9.83. The molecule has 2 aromatic rings. The number of aromatic nitrogens is 4. The summed E-state index contributed by atoms with van der Waals surface area (Å²) in [7, 11) is 2.56. The molecule has 5 rings (SSSR count). The highest BCUT2D eigenvalue weighted by Gasteiger charge is 2.67. The maximum atomic E-state index is 12.7. The van der Waals surface area contributed by atoms with Crippen LogP contribution in [0, 0.1) is 0 Å². The van der Waals surface area contributed by atoms with E-state index in [2.05, 4.69) is 15.0 Å². The zero-order valence-corrected chi connectivity index (χ0v) is 21.1. The lowest BCUT2D eigenvalue weighted by molar-refractivity contribution is -0.397. The molecule has 5 heterocycles.